The van der Waals surface area contributed by atoms with Gasteiger partial charge in [-0.2, -0.15) is 4.98 Å². The fourth-order valence-electron chi connectivity index (χ4n) is 1.72. The Kier molecular flexibility index (Phi) is 2.38. The first kappa shape index (κ1) is 10.0. The second-order valence-electron chi connectivity index (χ2n) is 4.20. The quantitative estimate of drug-likeness (QED) is 0.709. The second-order valence-corrected chi connectivity index (χ2v) is 4.20. The Balaban J connectivity index is 2.49. The number of nitrogens with zero attached hydrogens (tertiary/aromatic N) is 2. The van der Waals surface area contributed by atoms with E-state index in [0.717, 1.165) is 24.2 Å². The lowest BCUT2D eigenvalue weighted by molar-refractivity contribution is 0.665. The number of anilines is 2. The van der Waals surface area contributed by atoms with Gasteiger partial charge in [0, 0.05) is 20.1 Å². The number of hydrogen-bond donors (Lipinski definition) is 2. The van der Waals surface area contributed by atoms with E-state index in [9.17, 15) is 4.79 Å². The highest BCUT2D eigenvalue weighted by atomic mass is 16.1. The zero-order valence-electron chi connectivity index (χ0n) is 9.29. The average Bonchev–Trinajstić information content (AvgIpc) is 2.16. The summed E-state index contributed by atoms with van der Waals surface area (Å²) in [5.74, 6) is 1.33. The van der Waals surface area contributed by atoms with Crippen LogP contribution in [0.4, 0.5) is 11.8 Å². The molecule has 2 N–H and O–H groups in total. The van der Waals surface area contributed by atoms with Crippen molar-refractivity contribution in [3.63, 3.8) is 0 Å². The fraction of sp³-hybridized carbons (Fsp3) is 0.600. The number of hydrogen-bond acceptors (Lipinski definition) is 4. The maximum atomic E-state index is 11.7. The van der Waals surface area contributed by atoms with Gasteiger partial charge < -0.3 is 10.2 Å². The van der Waals surface area contributed by atoms with Crippen molar-refractivity contribution < 1.29 is 0 Å². The molecule has 1 aliphatic rings. The third kappa shape index (κ3) is 1.82. The summed E-state index contributed by atoms with van der Waals surface area (Å²) in [5, 5.41) is 3.24. The molecule has 2 rings (SSSR count). The first-order chi connectivity index (χ1) is 7.08. The molecule has 2 heterocycles. The molecule has 0 spiro atoms. The molecule has 82 valence electrons. The summed E-state index contributed by atoms with van der Waals surface area (Å²) >= 11 is 0. The molecule has 15 heavy (non-hydrogen) atoms. The van der Waals surface area contributed by atoms with Crippen LogP contribution >= 0.6 is 0 Å². The third-order valence-electron chi connectivity index (χ3n) is 2.64. The van der Waals surface area contributed by atoms with Crippen LogP contribution < -0.4 is 15.8 Å². The van der Waals surface area contributed by atoms with Crippen LogP contribution in [0.25, 0.3) is 0 Å². The molecule has 0 aliphatic carbocycles. The van der Waals surface area contributed by atoms with Crippen LogP contribution in [-0.2, 0) is 6.42 Å². The predicted molar refractivity (Wildman–Crippen MR) is 60.6 cm³/mol. The molecular weight excluding hydrogens is 192 g/mol. The van der Waals surface area contributed by atoms with Crippen LogP contribution in [0.2, 0.25) is 0 Å². The molecule has 5 nitrogen and oxygen atoms in total. The first-order valence-corrected chi connectivity index (χ1v) is 5.15. The van der Waals surface area contributed by atoms with Gasteiger partial charge in [-0.05, 0) is 19.8 Å². The van der Waals surface area contributed by atoms with Crippen molar-refractivity contribution in [2.24, 2.45) is 0 Å². The molecule has 0 saturated carbocycles. The smallest absolute Gasteiger partial charge is 0.257 e. The summed E-state index contributed by atoms with van der Waals surface area (Å²) in [6.07, 6.45) is 1.79. The van der Waals surface area contributed by atoms with E-state index in [1.165, 1.54) is 0 Å². The molecule has 5 heteroatoms. The van der Waals surface area contributed by atoms with Crippen LogP contribution in [0.5, 0.6) is 0 Å². The fourth-order valence-corrected chi connectivity index (χ4v) is 1.72. The molecule has 0 fully saturated rings. The minimum Gasteiger partial charge on any atom is -0.367 e. The van der Waals surface area contributed by atoms with Crippen molar-refractivity contribution in [1.82, 2.24) is 9.97 Å². The van der Waals surface area contributed by atoms with E-state index in [1.54, 1.807) is 4.90 Å². The molecule has 0 aromatic carbocycles. The van der Waals surface area contributed by atoms with Crippen LogP contribution in [0.1, 0.15) is 18.9 Å². The van der Waals surface area contributed by atoms with Crippen molar-refractivity contribution in [1.29, 1.82) is 0 Å². The summed E-state index contributed by atoms with van der Waals surface area (Å²) in [4.78, 5) is 20.7. The van der Waals surface area contributed by atoms with Crippen LogP contribution in [0, 0.1) is 0 Å². The Labute approximate surface area is 88.5 Å². The van der Waals surface area contributed by atoms with Crippen molar-refractivity contribution in [3.8, 4) is 0 Å². The number of rotatable bonds is 1. The van der Waals surface area contributed by atoms with Crippen molar-refractivity contribution >= 4 is 11.8 Å². The minimum atomic E-state index is -0.0249. The standard InChI is InChI=1S/C10H16N4O/c1-6-4-5-7-8(11-6)12-10(14(2)3)13-9(7)15/h6H,4-5H2,1-3H3,(H2,11,12,13,15)/t6-/m1/s1. The normalized spacial score (nSPS) is 19.3. The Bertz CT molecular complexity index is 424. The Morgan fingerprint density at radius 2 is 2.20 bits per heavy atom. The van der Waals surface area contributed by atoms with Gasteiger partial charge in [0.15, 0.2) is 0 Å². The number of aromatic amines is 1. The van der Waals surface area contributed by atoms with Crippen molar-refractivity contribution in [2.75, 3.05) is 24.3 Å². The van der Waals surface area contributed by atoms with Crippen LogP contribution in [0.15, 0.2) is 4.79 Å². The monoisotopic (exact) mass is 208 g/mol. The average molecular weight is 208 g/mol. The maximum Gasteiger partial charge on any atom is 0.257 e. The summed E-state index contributed by atoms with van der Waals surface area (Å²) in [5.41, 5.74) is 0.752. The predicted octanol–water partition coefficient (Wildman–Crippen LogP) is 0.583. The van der Waals surface area contributed by atoms with Crippen LogP contribution in [0.3, 0.4) is 0 Å². The van der Waals surface area contributed by atoms with E-state index in [4.69, 9.17) is 0 Å². The Hall–Kier alpha value is -1.52. The molecule has 1 aromatic rings. The largest absolute Gasteiger partial charge is 0.367 e. The van der Waals surface area contributed by atoms with Gasteiger partial charge in [0.2, 0.25) is 5.95 Å². The van der Waals surface area contributed by atoms with E-state index < -0.39 is 0 Å². The highest BCUT2D eigenvalue weighted by Gasteiger charge is 2.19. The summed E-state index contributed by atoms with van der Waals surface area (Å²) in [7, 11) is 3.72. The molecule has 0 unspecified atom stereocenters. The van der Waals surface area contributed by atoms with Crippen molar-refractivity contribution in [2.45, 2.75) is 25.8 Å². The molecule has 0 radical (unpaired) electrons. The molecular formula is C10H16N4O. The first-order valence-electron chi connectivity index (χ1n) is 5.15. The SMILES string of the molecule is C[C@@H]1CCc2c(nc(N(C)C)[nH]c2=O)N1. The zero-order valence-corrected chi connectivity index (χ0v) is 9.29. The third-order valence-corrected chi connectivity index (χ3v) is 2.64. The second kappa shape index (κ2) is 3.56. The van der Waals surface area contributed by atoms with Crippen LogP contribution in [-0.4, -0.2) is 30.1 Å². The Morgan fingerprint density at radius 3 is 2.87 bits per heavy atom. The van der Waals surface area contributed by atoms with Crippen molar-refractivity contribution in [3.05, 3.63) is 15.9 Å². The topological polar surface area (TPSA) is 61.0 Å². The zero-order chi connectivity index (χ0) is 11.0. The maximum absolute atomic E-state index is 11.7. The minimum absolute atomic E-state index is 0.0249. The highest BCUT2D eigenvalue weighted by molar-refractivity contribution is 5.50. The molecule has 1 aliphatic heterocycles. The molecule has 0 bridgehead atoms. The number of fused-ring (bicyclic) bond motifs is 1. The van der Waals surface area contributed by atoms with E-state index in [0.29, 0.717) is 12.0 Å². The number of H-pyrrole nitrogens is 1. The van der Waals surface area contributed by atoms with E-state index in [-0.39, 0.29) is 5.56 Å². The van der Waals surface area contributed by atoms with E-state index >= 15 is 0 Å². The number of nitrogens with one attached hydrogen (secondary N) is 2. The van der Waals surface area contributed by atoms with Gasteiger partial charge in [0.05, 0.1) is 5.56 Å². The summed E-state index contributed by atoms with van der Waals surface area (Å²) in [6.45, 7) is 2.10. The van der Waals surface area contributed by atoms with E-state index in [2.05, 4.69) is 22.2 Å². The Morgan fingerprint density at radius 1 is 1.47 bits per heavy atom. The van der Waals surface area contributed by atoms with Gasteiger partial charge >= 0.3 is 0 Å². The molecule has 1 aromatic heterocycles. The lowest BCUT2D eigenvalue weighted by Gasteiger charge is -2.23. The summed E-state index contributed by atoms with van der Waals surface area (Å²) in [6, 6.07) is 0.391. The number of aromatic nitrogens is 2. The van der Waals surface area contributed by atoms with Gasteiger partial charge in [-0.3, -0.25) is 9.78 Å². The summed E-state index contributed by atoms with van der Waals surface area (Å²) < 4.78 is 0. The lowest BCUT2D eigenvalue weighted by Crippen LogP contribution is -2.30. The highest BCUT2D eigenvalue weighted by Crippen LogP contribution is 2.20. The van der Waals surface area contributed by atoms with Gasteiger partial charge in [-0.15, -0.1) is 0 Å². The van der Waals surface area contributed by atoms with Gasteiger partial charge in [0.25, 0.3) is 5.56 Å². The van der Waals surface area contributed by atoms with Gasteiger partial charge in [-0.25, -0.2) is 0 Å². The lowest BCUT2D eigenvalue weighted by atomic mass is 10.0. The van der Waals surface area contributed by atoms with Gasteiger partial charge in [0.1, 0.15) is 5.82 Å². The molecule has 0 saturated heterocycles. The van der Waals surface area contributed by atoms with Gasteiger partial charge in [-0.1, -0.05) is 0 Å². The van der Waals surface area contributed by atoms with E-state index in [1.807, 2.05) is 14.1 Å². The molecule has 1 atom stereocenters. The molecule has 0 amide bonds.